The fraction of sp³-hybridized carbons (Fsp3) is 0.125. The van der Waals surface area contributed by atoms with E-state index < -0.39 is 17.9 Å². The molecule has 2 aromatic carbocycles. The lowest BCUT2D eigenvalue weighted by Crippen LogP contribution is -2.27. The van der Waals surface area contributed by atoms with Crippen molar-refractivity contribution < 1.29 is 14.7 Å². The Balaban J connectivity index is 2.00. The Hall–Kier alpha value is -2.62. The van der Waals surface area contributed by atoms with Crippen molar-refractivity contribution in [1.29, 1.82) is 0 Å². The second kappa shape index (κ2) is 3.70. The quantitative estimate of drug-likeness (QED) is 0.862. The van der Waals surface area contributed by atoms with E-state index in [1.807, 2.05) is 30.3 Å². The minimum atomic E-state index is -0.894. The third-order valence-electron chi connectivity index (χ3n) is 4.12. The van der Waals surface area contributed by atoms with Crippen molar-refractivity contribution in [2.45, 2.75) is 12.0 Å². The Morgan fingerprint density at radius 2 is 1.65 bits per heavy atom. The molecule has 0 bridgehead atoms. The lowest BCUT2D eigenvalue weighted by atomic mass is 9.90. The highest BCUT2D eigenvalue weighted by molar-refractivity contribution is 6.14. The van der Waals surface area contributed by atoms with Gasteiger partial charge in [0, 0.05) is 11.3 Å². The van der Waals surface area contributed by atoms with Crippen LogP contribution in [0, 0.1) is 0 Å². The number of para-hydroxylation sites is 1. The average Bonchev–Trinajstić information content (AvgIpc) is 2.94. The zero-order valence-corrected chi connectivity index (χ0v) is 10.5. The summed E-state index contributed by atoms with van der Waals surface area (Å²) in [7, 11) is 0. The first-order valence-electron chi connectivity index (χ1n) is 6.44. The van der Waals surface area contributed by atoms with Gasteiger partial charge in [-0.3, -0.25) is 14.5 Å². The molecule has 20 heavy (non-hydrogen) atoms. The normalized spacial score (nSPS) is 22.4. The van der Waals surface area contributed by atoms with Crippen molar-refractivity contribution >= 4 is 17.6 Å². The predicted octanol–water partition coefficient (Wildman–Crippen LogP) is 2.57. The van der Waals surface area contributed by atoms with Gasteiger partial charge in [-0.2, -0.15) is 0 Å². The van der Waals surface area contributed by atoms with Crippen molar-refractivity contribution in [2.75, 3.05) is 4.90 Å². The zero-order valence-electron chi connectivity index (χ0n) is 10.5. The van der Waals surface area contributed by atoms with E-state index in [2.05, 4.69) is 0 Å². The number of amides is 1. The van der Waals surface area contributed by atoms with Gasteiger partial charge in [-0.15, -0.1) is 0 Å². The van der Waals surface area contributed by atoms with E-state index in [1.165, 1.54) is 0 Å². The number of benzene rings is 2. The summed E-state index contributed by atoms with van der Waals surface area (Å²) in [5, 5.41) is 9.58. The molecule has 4 rings (SSSR count). The fourth-order valence-corrected chi connectivity index (χ4v) is 3.34. The molecule has 2 heterocycles. The summed E-state index contributed by atoms with van der Waals surface area (Å²) in [6.07, 6.45) is 0. The molecule has 4 heteroatoms. The van der Waals surface area contributed by atoms with Gasteiger partial charge in [0.2, 0.25) is 0 Å². The molecular weight excluding hydrogens is 254 g/mol. The zero-order chi connectivity index (χ0) is 13.9. The molecule has 0 saturated carbocycles. The number of rotatable bonds is 1. The van der Waals surface area contributed by atoms with E-state index >= 15 is 0 Å². The Morgan fingerprint density at radius 3 is 2.40 bits per heavy atom. The number of aliphatic carboxylic acids is 1. The number of carbonyl (C=O) groups excluding carboxylic acids is 1. The van der Waals surface area contributed by atoms with Gasteiger partial charge in [-0.1, -0.05) is 36.4 Å². The Labute approximate surface area is 115 Å². The molecule has 2 atom stereocenters. The minimum absolute atomic E-state index is 0.109. The van der Waals surface area contributed by atoms with E-state index in [9.17, 15) is 14.7 Å². The van der Waals surface area contributed by atoms with Gasteiger partial charge >= 0.3 is 5.97 Å². The molecule has 0 aromatic heterocycles. The van der Waals surface area contributed by atoms with Gasteiger partial charge in [0.15, 0.2) is 0 Å². The number of carbonyl (C=O) groups is 2. The number of anilines is 1. The predicted molar refractivity (Wildman–Crippen MR) is 72.8 cm³/mol. The summed E-state index contributed by atoms with van der Waals surface area (Å²) in [5.74, 6) is -1.70. The molecule has 0 radical (unpaired) electrons. The third-order valence-corrected chi connectivity index (χ3v) is 4.12. The molecule has 2 aliphatic heterocycles. The van der Waals surface area contributed by atoms with Crippen molar-refractivity contribution in [1.82, 2.24) is 0 Å². The molecular formula is C16H11NO3. The Bertz CT molecular complexity index is 751. The number of hydrogen-bond donors (Lipinski definition) is 1. The number of carboxylic acids is 1. The summed E-state index contributed by atoms with van der Waals surface area (Å²) >= 11 is 0. The van der Waals surface area contributed by atoms with Crippen LogP contribution in [-0.4, -0.2) is 17.0 Å². The van der Waals surface area contributed by atoms with Gasteiger partial charge in [-0.25, -0.2) is 0 Å². The van der Waals surface area contributed by atoms with Crippen LogP contribution in [0.2, 0.25) is 0 Å². The van der Waals surface area contributed by atoms with E-state index in [1.54, 1.807) is 23.1 Å². The molecule has 98 valence electrons. The average molecular weight is 265 g/mol. The standard InChI is InChI=1S/C16H11NO3/c18-15-10-6-2-1-5-9(10)14-13(16(19)20)11-7-3-4-8-12(11)17(14)15/h1-8,13-14H,(H,19,20). The van der Waals surface area contributed by atoms with Gasteiger partial charge in [0.05, 0.1) is 6.04 Å². The molecule has 2 aliphatic rings. The fourth-order valence-electron chi connectivity index (χ4n) is 3.34. The summed E-state index contributed by atoms with van der Waals surface area (Å²) in [5.41, 5.74) is 2.85. The summed E-state index contributed by atoms with van der Waals surface area (Å²) in [6, 6.07) is 14.1. The smallest absolute Gasteiger partial charge is 0.313 e. The van der Waals surface area contributed by atoms with E-state index in [0.29, 0.717) is 16.8 Å². The van der Waals surface area contributed by atoms with Gasteiger partial charge in [0.1, 0.15) is 5.92 Å². The number of carboxylic acid groups (broad SMARTS) is 1. The van der Waals surface area contributed by atoms with Crippen LogP contribution in [0.25, 0.3) is 0 Å². The first kappa shape index (κ1) is 11.2. The monoisotopic (exact) mass is 265 g/mol. The van der Waals surface area contributed by atoms with Gasteiger partial charge in [0.25, 0.3) is 5.91 Å². The second-order valence-corrected chi connectivity index (χ2v) is 5.08. The van der Waals surface area contributed by atoms with Crippen molar-refractivity contribution in [3.8, 4) is 0 Å². The molecule has 2 unspecified atom stereocenters. The van der Waals surface area contributed by atoms with Crippen molar-refractivity contribution in [3.05, 3.63) is 65.2 Å². The summed E-state index contributed by atoms with van der Waals surface area (Å²) in [6.45, 7) is 0. The Kier molecular flexibility index (Phi) is 2.07. The highest BCUT2D eigenvalue weighted by Gasteiger charge is 2.51. The first-order chi connectivity index (χ1) is 9.70. The van der Waals surface area contributed by atoms with Crippen LogP contribution in [0.4, 0.5) is 5.69 Å². The molecule has 2 aromatic rings. The highest BCUT2D eigenvalue weighted by atomic mass is 16.4. The Morgan fingerprint density at radius 1 is 1.00 bits per heavy atom. The van der Waals surface area contributed by atoms with Crippen LogP contribution in [0.15, 0.2) is 48.5 Å². The maximum atomic E-state index is 12.5. The van der Waals surface area contributed by atoms with Crippen LogP contribution in [0.5, 0.6) is 0 Å². The van der Waals surface area contributed by atoms with Crippen LogP contribution in [0.1, 0.15) is 33.4 Å². The van der Waals surface area contributed by atoms with Crippen LogP contribution >= 0.6 is 0 Å². The molecule has 0 saturated heterocycles. The highest BCUT2D eigenvalue weighted by Crippen LogP contribution is 2.53. The number of nitrogens with zero attached hydrogens (tertiary/aromatic N) is 1. The topological polar surface area (TPSA) is 57.6 Å². The van der Waals surface area contributed by atoms with Crippen molar-refractivity contribution in [2.24, 2.45) is 0 Å². The molecule has 1 N–H and O–H groups in total. The first-order valence-corrected chi connectivity index (χ1v) is 6.44. The van der Waals surface area contributed by atoms with Crippen LogP contribution in [-0.2, 0) is 4.79 Å². The van der Waals surface area contributed by atoms with E-state index in [4.69, 9.17) is 0 Å². The second-order valence-electron chi connectivity index (χ2n) is 5.08. The largest absolute Gasteiger partial charge is 0.481 e. The van der Waals surface area contributed by atoms with E-state index in [-0.39, 0.29) is 5.91 Å². The SMILES string of the molecule is O=C(O)C1c2ccccc2N2C(=O)c3ccccc3C12. The van der Waals surface area contributed by atoms with Crippen LogP contribution in [0.3, 0.4) is 0 Å². The molecule has 1 amide bonds. The lowest BCUT2D eigenvalue weighted by Gasteiger charge is -2.19. The summed E-state index contributed by atoms with van der Waals surface area (Å²) < 4.78 is 0. The molecule has 0 aliphatic carbocycles. The third kappa shape index (κ3) is 1.20. The summed E-state index contributed by atoms with van der Waals surface area (Å²) in [4.78, 5) is 25.9. The molecule has 0 spiro atoms. The molecule has 4 nitrogen and oxygen atoms in total. The maximum absolute atomic E-state index is 12.5. The lowest BCUT2D eigenvalue weighted by molar-refractivity contribution is -0.139. The molecule has 0 fully saturated rings. The van der Waals surface area contributed by atoms with Crippen molar-refractivity contribution in [3.63, 3.8) is 0 Å². The number of fused-ring (bicyclic) bond motifs is 5. The van der Waals surface area contributed by atoms with Crippen LogP contribution < -0.4 is 4.90 Å². The van der Waals surface area contributed by atoms with Gasteiger partial charge < -0.3 is 5.11 Å². The van der Waals surface area contributed by atoms with E-state index in [0.717, 1.165) is 5.56 Å². The minimum Gasteiger partial charge on any atom is -0.481 e. The number of hydrogen-bond acceptors (Lipinski definition) is 2. The van der Waals surface area contributed by atoms with Gasteiger partial charge in [-0.05, 0) is 23.3 Å². The maximum Gasteiger partial charge on any atom is 0.313 e.